The summed E-state index contributed by atoms with van der Waals surface area (Å²) >= 11 is 0. The van der Waals surface area contributed by atoms with Gasteiger partial charge in [0.1, 0.15) is 0 Å². The van der Waals surface area contributed by atoms with Crippen LogP contribution in [-0.2, 0) is 6.42 Å². The zero-order valence-corrected chi connectivity index (χ0v) is 12.5. The van der Waals surface area contributed by atoms with E-state index in [-0.39, 0.29) is 6.04 Å². The first-order chi connectivity index (χ1) is 9.83. The minimum absolute atomic E-state index is 0.112. The third kappa shape index (κ3) is 4.33. The normalized spacial score (nSPS) is 18.6. The lowest BCUT2D eigenvalue weighted by molar-refractivity contribution is 0.112. The lowest BCUT2D eigenvalue weighted by Crippen LogP contribution is -2.50. The summed E-state index contributed by atoms with van der Waals surface area (Å²) in [6.45, 7) is 7.56. The molecule has 2 rings (SSSR count). The van der Waals surface area contributed by atoms with E-state index in [0.29, 0.717) is 0 Å². The third-order valence-corrected chi connectivity index (χ3v) is 4.17. The van der Waals surface area contributed by atoms with Gasteiger partial charge >= 0.3 is 0 Å². The van der Waals surface area contributed by atoms with Crippen LogP contribution in [-0.4, -0.2) is 48.6 Å². The van der Waals surface area contributed by atoms with Crippen molar-refractivity contribution in [2.24, 2.45) is 0 Å². The summed E-state index contributed by atoms with van der Waals surface area (Å²) in [4.78, 5) is 4.86. The average Bonchev–Trinajstić information content (AvgIpc) is 2.51. The second kappa shape index (κ2) is 8.04. The number of piperazine rings is 1. The first-order valence-electron chi connectivity index (χ1n) is 7.73. The summed E-state index contributed by atoms with van der Waals surface area (Å²) in [5.74, 6) is 0. The molecule has 1 heterocycles. The molecule has 1 aliphatic rings. The maximum atomic E-state index is 9.11. The molecule has 1 unspecified atom stereocenters. The summed E-state index contributed by atoms with van der Waals surface area (Å²) in [6.07, 6.45) is 3.32. The van der Waals surface area contributed by atoms with Crippen molar-refractivity contribution in [2.45, 2.75) is 32.2 Å². The van der Waals surface area contributed by atoms with Crippen LogP contribution in [0.5, 0.6) is 0 Å². The Morgan fingerprint density at radius 2 is 1.85 bits per heavy atom. The summed E-state index contributed by atoms with van der Waals surface area (Å²) in [7, 11) is 0. The molecule has 0 bridgehead atoms. The molecule has 0 amide bonds. The minimum atomic E-state index is 0.112. The Kier molecular flexibility index (Phi) is 6.04. The van der Waals surface area contributed by atoms with Gasteiger partial charge < -0.3 is 4.90 Å². The molecule has 0 spiro atoms. The molecular formula is C17H25N3. The Morgan fingerprint density at radius 1 is 1.15 bits per heavy atom. The van der Waals surface area contributed by atoms with Gasteiger partial charge in [-0.15, -0.1) is 0 Å². The van der Waals surface area contributed by atoms with E-state index >= 15 is 0 Å². The average molecular weight is 271 g/mol. The van der Waals surface area contributed by atoms with Crippen LogP contribution in [0.3, 0.4) is 0 Å². The molecule has 3 nitrogen and oxygen atoms in total. The molecule has 0 radical (unpaired) electrons. The zero-order chi connectivity index (χ0) is 14.2. The van der Waals surface area contributed by atoms with E-state index in [0.717, 1.165) is 39.0 Å². The lowest BCUT2D eigenvalue weighted by Gasteiger charge is -2.36. The van der Waals surface area contributed by atoms with E-state index in [4.69, 9.17) is 5.26 Å². The second-order valence-corrected chi connectivity index (χ2v) is 5.52. The zero-order valence-electron chi connectivity index (χ0n) is 12.5. The SMILES string of the molecule is CCC(C#N)N1CCN(CCCc2ccccc2)CC1. The van der Waals surface area contributed by atoms with E-state index in [1.165, 1.54) is 18.5 Å². The van der Waals surface area contributed by atoms with Gasteiger partial charge in [-0.25, -0.2) is 0 Å². The van der Waals surface area contributed by atoms with E-state index in [9.17, 15) is 0 Å². The van der Waals surface area contributed by atoms with Gasteiger partial charge in [0.05, 0.1) is 12.1 Å². The van der Waals surface area contributed by atoms with Crippen molar-refractivity contribution < 1.29 is 0 Å². The van der Waals surface area contributed by atoms with Gasteiger partial charge in [0.25, 0.3) is 0 Å². The number of nitrogens with zero attached hydrogens (tertiary/aromatic N) is 3. The van der Waals surface area contributed by atoms with Crippen molar-refractivity contribution in [3.8, 4) is 6.07 Å². The Bertz CT molecular complexity index is 416. The monoisotopic (exact) mass is 271 g/mol. The predicted octanol–water partition coefficient (Wildman–Crippen LogP) is 2.54. The molecule has 1 fully saturated rings. The first-order valence-corrected chi connectivity index (χ1v) is 7.73. The molecule has 0 aromatic heterocycles. The highest BCUT2D eigenvalue weighted by Gasteiger charge is 2.21. The van der Waals surface area contributed by atoms with E-state index < -0.39 is 0 Å². The van der Waals surface area contributed by atoms with Gasteiger partial charge in [-0.05, 0) is 31.4 Å². The van der Waals surface area contributed by atoms with Gasteiger partial charge in [-0.1, -0.05) is 37.3 Å². The van der Waals surface area contributed by atoms with Crippen LogP contribution in [0, 0.1) is 11.3 Å². The summed E-state index contributed by atoms with van der Waals surface area (Å²) < 4.78 is 0. The van der Waals surface area contributed by atoms with Gasteiger partial charge in [-0.2, -0.15) is 5.26 Å². The fourth-order valence-corrected chi connectivity index (χ4v) is 2.88. The topological polar surface area (TPSA) is 30.3 Å². The fourth-order valence-electron chi connectivity index (χ4n) is 2.88. The summed E-state index contributed by atoms with van der Waals surface area (Å²) in [6, 6.07) is 13.2. The van der Waals surface area contributed by atoms with Gasteiger partial charge in [0.15, 0.2) is 0 Å². The quantitative estimate of drug-likeness (QED) is 0.796. The molecule has 108 valence electrons. The van der Waals surface area contributed by atoms with E-state index in [1.807, 2.05) is 0 Å². The first kappa shape index (κ1) is 15.0. The lowest BCUT2D eigenvalue weighted by atomic mass is 10.1. The Morgan fingerprint density at radius 3 is 2.45 bits per heavy atom. The van der Waals surface area contributed by atoms with Crippen molar-refractivity contribution in [2.75, 3.05) is 32.7 Å². The summed E-state index contributed by atoms with van der Waals surface area (Å²) in [5.41, 5.74) is 1.43. The highest BCUT2D eigenvalue weighted by molar-refractivity contribution is 5.14. The number of rotatable bonds is 6. The van der Waals surface area contributed by atoms with Gasteiger partial charge in [0.2, 0.25) is 0 Å². The van der Waals surface area contributed by atoms with Crippen LogP contribution < -0.4 is 0 Å². The molecule has 1 aliphatic heterocycles. The molecule has 1 saturated heterocycles. The number of hydrogen-bond donors (Lipinski definition) is 0. The molecule has 1 atom stereocenters. The molecule has 1 aromatic rings. The number of hydrogen-bond acceptors (Lipinski definition) is 3. The van der Waals surface area contributed by atoms with Crippen LogP contribution in [0.15, 0.2) is 30.3 Å². The van der Waals surface area contributed by atoms with E-state index in [2.05, 4.69) is 53.1 Å². The maximum Gasteiger partial charge on any atom is 0.0976 e. The Hall–Kier alpha value is -1.37. The number of aryl methyl sites for hydroxylation is 1. The van der Waals surface area contributed by atoms with Crippen molar-refractivity contribution in [1.82, 2.24) is 9.80 Å². The van der Waals surface area contributed by atoms with Gasteiger partial charge in [0, 0.05) is 26.2 Å². The molecule has 3 heteroatoms. The molecule has 0 N–H and O–H groups in total. The largest absolute Gasteiger partial charge is 0.301 e. The van der Waals surface area contributed by atoms with Crippen LogP contribution in [0.4, 0.5) is 0 Å². The van der Waals surface area contributed by atoms with Crippen LogP contribution in [0.25, 0.3) is 0 Å². The van der Waals surface area contributed by atoms with Crippen molar-refractivity contribution in [3.63, 3.8) is 0 Å². The van der Waals surface area contributed by atoms with Crippen molar-refractivity contribution in [1.29, 1.82) is 5.26 Å². The van der Waals surface area contributed by atoms with Crippen molar-refractivity contribution >= 4 is 0 Å². The highest BCUT2D eigenvalue weighted by atomic mass is 15.3. The van der Waals surface area contributed by atoms with Crippen LogP contribution in [0.1, 0.15) is 25.3 Å². The third-order valence-electron chi connectivity index (χ3n) is 4.17. The van der Waals surface area contributed by atoms with Gasteiger partial charge in [-0.3, -0.25) is 4.90 Å². The van der Waals surface area contributed by atoms with Crippen molar-refractivity contribution in [3.05, 3.63) is 35.9 Å². The maximum absolute atomic E-state index is 9.11. The predicted molar refractivity (Wildman–Crippen MR) is 82.5 cm³/mol. The molecule has 20 heavy (non-hydrogen) atoms. The van der Waals surface area contributed by atoms with E-state index in [1.54, 1.807) is 0 Å². The highest BCUT2D eigenvalue weighted by Crippen LogP contribution is 2.10. The standard InChI is InChI=1S/C17H25N3/c1-2-17(15-18)20-13-11-19(12-14-20)10-6-9-16-7-4-3-5-8-16/h3-5,7-8,17H,2,6,9-14H2,1H3. The Balaban J connectivity index is 1.66. The van der Waals surface area contributed by atoms with Crippen LogP contribution >= 0.6 is 0 Å². The number of benzene rings is 1. The molecule has 0 aliphatic carbocycles. The molecule has 1 aromatic carbocycles. The smallest absolute Gasteiger partial charge is 0.0976 e. The molecular weight excluding hydrogens is 246 g/mol. The fraction of sp³-hybridized carbons (Fsp3) is 0.588. The number of nitriles is 1. The minimum Gasteiger partial charge on any atom is -0.301 e. The van der Waals surface area contributed by atoms with Crippen LogP contribution in [0.2, 0.25) is 0 Å². The molecule has 0 saturated carbocycles. The summed E-state index contributed by atoms with van der Waals surface area (Å²) in [5, 5.41) is 9.11. The Labute approximate surface area is 122 Å². The second-order valence-electron chi connectivity index (χ2n) is 5.52.